The van der Waals surface area contributed by atoms with Crippen LogP contribution in [0.1, 0.15) is 5.56 Å². The summed E-state index contributed by atoms with van der Waals surface area (Å²) in [5.41, 5.74) is 2.20. The maximum Gasteiger partial charge on any atom is 0.247 e. The summed E-state index contributed by atoms with van der Waals surface area (Å²) in [6.45, 7) is 3.35. The van der Waals surface area contributed by atoms with Crippen LogP contribution in [0, 0.1) is 11.3 Å². The van der Waals surface area contributed by atoms with E-state index >= 15 is 0 Å². The lowest BCUT2D eigenvalue weighted by molar-refractivity contribution is -0.120. The Balaban J connectivity index is 1.79. The third-order valence-corrected chi connectivity index (χ3v) is 3.66. The zero-order chi connectivity index (χ0) is 19.9. The predicted molar refractivity (Wildman–Crippen MR) is 102 cm³/mol. The zero-order valence-electron chi connectivity index (χ0n) is 14.7. The van der Waals surface area contributed by atoms with Gasteiger partial charge in [0.2, 0.25) is 17.7 Å². The van der Waals surface area contributed by atoms with Crippen molar-refractivity contribution < 1.29 is 14.3 Å². The first kappa shape index (κ1) is 18.6. The molecule has 2 aromatic heterocycles. The molecule has 0 atom stereocenters. The van der Waals surface area contributed by atoms with Gasteiger partial charge in [-0.15, -0.1) is 0 Å². The van der Waals surface area contributed by atoms with Crippen LogP contribution in [0.2, 0.25) is 0 Å². The Bertz CT molecular complexity index is 1080. The third-order valence-electron chi connectivity index (χ3n) is 3.66. The predicted octanol–water partition coefficient (Wildman–Crippen LogP) is 2.06. The van der Waals surface area contributed by atoms with Gasteiger partial charge in [-0.25, -0.2) is 9.97 Å². The highest BCUT2D eigenvalue weighted by Gasteiger charge is 2.12. The number of carbonyl (C=O) groups is 2. The highest BCUT2D eigenvalue weighted by Crippen LogP contribution is 2.24. The molecule has 0 aliphatic rings. The standard InChI is InChI=1S/C19H16N6O3/c1-2-15(26)24-13-4-3-5-14(9-13)28-17-11-23-19-18(25-17)12(10-22-19)8-16(27)21-7-6-20/h2-5,9-11H,1,7-8H2,(H,21,27)(H,22,23)(H,24,26). The molecule has 140 valence electrons. The van der Waals surface area contributed by atoms with Crippen molar-refractivity contribution in [2.45, 2.75) is 6.42 Å². The number of anilines is 1. The van der Waals surface area contributed by atoms with Crippen molar-refractivity contribution in [3.63, 3.8) is 0 Å². The molecular formula is C19H16N6O3. The molecule has 3 N–H and O–H groups in total. The van der Waals surface area contributed by atoms with E-state index < -0.39 is 0 Å². The lowest BCUT2D eigenvalue weighted by Gasteiger charge is -2.07. The molecule has 0 aliphatic carbocycles. The molecule has 0 saturated heterocycles. The van der Waals surface area contributed by atoms with Crippen LogP contribution in [0.5, 0.6) is 11.6 Å². The zero-order valence-corrected chi connectivity index (χ0v) is 14.7. The minimum Gasteiger partial charge on any atom is -0.437 e. The van der Waals surface area contributed by atoms with Gasteiger partial charge in [0.1, 0.15) is 17.8 Å². The first-order valence-corrected chi connectivity index (χ1v) is 8.27. The van der Waals surface area contributed by atoms with Crippen molar-refractivity contribution in [2.75, 3.05) is 11.9 Å². The second-order valence-electron chi connectivity index (χ2n) is 5.65. The molecule has 3 aromatic rings. The molecule has 9 nitrogen and oxygen atoms in total. The van der Waals surface area contributed by atoms with Crippen LogP contribution in [-0.4, -0.2) is 33.3 Å². The van der Waals surface area contributed by atoms with Gasteiger partial charge >= 0.3 is 0 Å². The van der Waals surface area contributed by atoms with Crippen LogP contribution in [0.4, 0.5) is 5.69 Å². The molecule has 28 heavy (non-hydrogen) atoms. The fraction of sp³-hybridized carbons (Fsp3) is 0.105. The second-order valence-corrected chi connectivity index (χ2v) is 5.65. The first-order valence-electron chi connectivity index (χ1n) is 8.27. The largest absolute Gasteiger partial charge is 0.437 e. The van der Waals surface area contributed by atoms with Gasteiger partial charge in [-0.1, -0.05) is 12.6 Å². The number of fused-ring (bicyclic) bond motifs is 1. The number of hydrogen-bond donors (Lipinski definition) is 3. The number of rotatable bonds is 7. The topological polar surface area (TPSA) is 133 Å². The minimum atomic E-state index is -0.329. The summed E-state index contributed by atoms with van der Waals surface area (Å²) in [7, 11) is 0. The van der Waals surface area contributed by atoms with E-state index in [1.165, 1.54) is 12.3 Å². The summed E-state index contributed by atoms with van der Waals surface area (Å²) < 4.78 is 5.73. The van der Waals surface area contributed by atoms with E-state index in [9.17, 15) is 9.59 Å². The monoisotopic (exact) mass is 376 g/mol. The number of aromatic amines is 1. The molecule has 2 amide bonds. The summed E-state index contributed by atoms with van der Waals surface area (Å²) in [5.74, 6) is 0.0728. The first-order chi connectivity index (χ1) is 13.6. The summed E-state index contributed by atoms with van der Waals surface area (Å²) in [4.78, 5) is 34.8. The Kier molecular flexibility index (Phi) is 5.62. The molecular weight excluding hydrogens is 360 g/mol. The third kappa shape index (κ3) is 4.50. The van der Waals surface area contributed by atoms with Crippen molar-refractivity contribution in [1.29, 1.82) is 5.26 Å². The summed E-state index contributed by atoms with van der Waals surface area (Å²) >= 11 is 0. The van der Waals surface area contributed by atoms with Crippen molar-refractivity contribution in [2.24, 2.45) is 0 Å². The average molecular weight is 376 g/mol. The number of carbonyl (C=O) groups excluding carboxylic acids is 2. The summed E-state index contributed by atoms with van der Waals surface area (Å²) in [6.07, 6.45) is 4.33. The molecule has 2 heterocycles. The Morgan fingerprint density at radius 3 is 3.04 bits per heavy atom. The molecule has 9 heteroatoms. The molecule has 3 rings (SSSR count). The lowest BCUT2D eigenvalue weighted by Crippen LogP contribution is -2.25. The fourth-order valence-corrected chi connectivity index (χ4v) is 2.44. The lowest BCUT2D eigenvalue weighted by atomic mass is 10.2. The van der Waals surface area contributed by atoms with Crippen LogP contribution < -0.4 is 15.4 Å². The number of aromatic nitrogens is 3. The van der Waals surface area contributed by atoms with Gasteiger partial charge in [-0.3, -0.25) is 9.59 Å². The Hall–Kier alpha value is -4.19. The second kappa shape index (κ2) is 8.46. The van der Waals surface area contributed by atoms with Gasteiger partial charge in [0.15, 0.2) is 5.65 Å². The molecule has 0 radical (unpaired) electrons. The van der Waals surface area contributed by atoms with Gasteiger partial charge in [-0.05, 0) is 18.2 Å². The quantitative estimate of drug-likeness (QED) is 0.427. The molecule has 0 saturated carbocycles. The molecule has 0 bridgehead atoms. The molecule has 0 unspecified atom stereocenters. The number of benzene rings is 1. The number of nitrogens with zero attached hydrogens (tertiary/aromatic N) is 3. The Labute approximate surface area is 160 Å². The van der Waals surface area contributed by atoms with Crippen molar-refractivity contribution in [3.05, 3.63) is 54.9 Å². The highest BCUT2D eigenvalue weighted by atomic mass is 16.5. The molecule has 0 fully saturated rings. The van der Waals surface area contributed by atoms with E-state index in [0.717, 1.165) is 0 Å². The van der Waals surface area contributed by atoms with Gasteiger partial charge in [0.25, 0.3) is 0 Å². The molecule has 0 aliphatic heterocycles. The number of H-pyrrole nitrogens is 1. The van der Waals surface area contributed by atoms with Crippen molar-refractivity contribution in [1.82, 2.24) is 20.3 Å². The van der Waals surface area contributed by atoms with Crippen LogP contribution in [-0.2, 0) is 16.0 Å². The van der Waals surface area contributed by atoms with E-state index in [4.69, 9.17) is 10.00 Å². The van der Waals surface area contributed by atoms with E-state index in [-0.39, 0.29) is 30.7 Å². The van der Waals surface area contributed by atoms with Gasteiger partial charge in [0.05, 0.1) is 18.7 Å². The molecule has 0 spiro atoms. The normalized spacial score (nSPS) is 10.1. The Morgan fingerprint density at radius 1 is 1.39 bits per heavy atom. The van der Waals surface area contributed by atoms with Crippen molar-refractivity contribution in [3.8, 4) is 17.7 Å². The number of hydrogen-bond acceptors (Lipinski definition) is 6. The maximum absolute atomic E-state index is 11.8. The van der Waals surface area contributed by atoms with E-state index in [2.05, 4.69) is 32.2 Å². The van der Waals surface area contributed by atoms with Crippen LogP contribution in [0.15, 0.2) is 49.3 Å². The number of nitriles is 1. The SMILES string of the molecule is C=CC(=O)Nc1cccc(Oc2cnc3[nH]cc(CC(=O)NCC#N)c3n2)c1. The number of nitrogens with one attached hydrogen (secondary N) is 3. The minimum absolute atomic E-state index is 0.0556. The van der Waals surface area contributed by atoms with Crippen LogP contribution >= 0.6 is 0 Å². The van der Waals surface area contributed by atoms with E-state index in [0.29, 0.717) is 28.2 Å². The van der Waals surface area contributed by atoms with Crippen molar-refractivity contribution >= 4 is 28.7 Å². The van der Waals surface area contributed by atoms with Crippen LogP contribution in [0.25, 0.3) is 11.2 Å². The van der Waals surface area contributed by atoms with E-state index in [1.54, 1.807) is 30.5 Å². The number of amides is 2. The van der Waals surface area contributed by atoms with Crippen LogP contribution in [0.3, 0.4) is 0 Å². The smallest absolute Gasteiger partial charge is 0.247 e. The van der Waals surface area contributed by atoms with Gasteiger partial charge < -0.3 is 20.4 Å². The molecule has 1 aromatic carbocycles. The summed E-state index contributed by atoms with van der Waals surface area (Å²) in [5, 5.41) is 13.7. The average Bonchev–Trinajstić information content (AvgIpc) is 3.08. The highest BCUT2D eigenvalue weighted by molar-refractivity contribution is 5.98. The maximum atomic E-state index is 11.8. The van der Waals surface area contributed by atoms with Gasteiger partial charge in [-0.2, -0.15) is 5.26 Å². The van der Waals surface area contributed by atoms with E-state index in [1.807, 2.05) is 6.07 Å². The van der Waals surface area contributed by atoms with Gasteiger partial charge in [0, 0.05) is 23.5 Å². The summed E-state index contributed by atoms with van der Waals surface area (Å²) in [6, 6.07) is 8.64. The fourth-order valence-electron chi connectivity index (χ4n) is 2.44. The Morgan fingerprint density at radius 2 is 2.25 bits per heavy atom. The number of ether oxygens (including phenoxy) is 1.